The van der Waals surface area contributed by atoms with E-state index in [2.05, 4.69) is 16.9 Å². The van der Waals surface area contributed by atoms with E-state index in [0.29, 0.717) is 30.1 Å². The van der Waals surface area contributed by atoms with E-state index < -0.39 is 0 Å². The van der Waals surface area contributed by atoms with Crippen LogP contribution in [0, 0.1) is 0 Å². The highest BCUT2D eigenvalue weighted by molar-refractivity contribution is 6.29. The minimum absolute atomic E-state index is 0.152. The lowest BCUT2D eigenvalue weighted by Crippen LogP contribution is -2.17. The van der Waals surface area contributed by atoms with Crippen LogP contribution < -0.4 is 4.74 Å². The molecule has 5 heteroatoms. The molecule has 0 radical (unpaired) electrons. The zero-order valence-electron chi connectivity index (χ0n) is 12.2. The number of aromatic nitrogens is 2. The Morgan fingerprint density at radius 1 is 1.16 bits per heavy atom. The van der Waals surface area contributed by atoms with Crippen molar-refractivity contribution >= 4 is 11.6 Å². The second-order valence-electron chi connectivity index (χ2n) is 5.42. The highest BCUT2D eigenvalue weighted by Crippen LogP contribution is 2.23. The highest BCUT2D eigenvalue weighted by atomic mass is 35.5. The number of unbranched alkanes of at least 4 members (excludes halogenated alkanes) is 1. The molecule has 108 valence electrons. The summed E-state index contributed by atoms with van der Waals surface area (Å²) >= 11 is 5.98. The highest BCUT2D eigenvalue weighted by Gasteiger charge is 2.19. The summed E-state index contributed by atoms with van der Waals surface area (Å²) in [7, 11) is 0. The summed E-state index contributed by atoms with van der Waals surface area (Å²) in [5, 5.41) is 0.404. The van der Waals surface area contributed by atoms with Crippen LogP contribution in [0.5, 0.6) is 5.88 Å². The van der Waals surface area contributed by atoms with Crippen molar-refractivity contribution in [3.05, 3.63) is 17.0 Å². The van der Waals surface area contributed by atoms with Crippen molar-refractivity contribution in [2.75, 3.05) is 19.8 Å². The molecule has 0 atom stereocenters. The molecule has 0 fully saturated rings. The predicted octanol–water partition coefficient (Wildman–Crippen LogP) is 3.62. The second kappa shape index (κ2) is 7.65. The smallest absolute Gasteiger partial charge is 0.218 e. The first kappa shape index (κ1) is 16.2. The van der Waals surface area contributed by atoms with E-state index >= 15 is 0 Å². The molecule has 0 amide bonds. The van der Waals surface area contributed by atoms with Gasteiger partial charge in [0.2, 0.25) is 5.88 Å². The summed E-state index contributed by atoms with van der Waals surface area (Å²) in [6, 6.07) is 1.63. The lowest BCUT2D eigenvalue weighted by molar-refractivity contribution is 0.0963. The third-order valence-electron chi connectivity index (χ3n) is 2.46. The molecule has 1 aromatic rings. The van der Waals surface area contributed by atoms with Crippen LogP contribution >= 0.6 is 11.6 Å². The molecule has 0 unspecified atom stereocenters. The van der Waals surface area contributed by atoms with Gasteiger partial charge in [-0.05, 0) is 6.42 Å². The lowest BCUT2D eigenvalue weighted by atomic mass is 9.96. The molecule has 0 saturated heterocycles. The van der Waals surface area contributed by atoms with Crippen molar-refractivity contribution in [2.45, 2.75) is 46.0 Å². The molecule has 0 bridgehead atoms. The Morgan fingerprint density at radius 3 is 2.53 bits per heavy atom. The van der Waals surface area contributed by atoms with Gasteiger partial charge in [0.25, 0.3) is 0 Å². The van der Waals surface area contributed by atoms with Gasteiger partial charge in [-0.2, -0.15) is 4.98 Å². The summed E-state index contributed by atoms with van der Waals surface area (Å²) < 4.78 is 11.0. The van der Waals surface area contributed by atoms with Crippen LogP contribution in [0.2, 0.25) is 5.15 Å². The van der Waals surface area contributed by atoms with Gasteiger partial charge in [0.05, 0.1) is 6.61 Å². The molecule has 1 rings (SSSR count). The van der Waals surface area contributed by atoms with Crippen LogP contribution in [0.3, 0.4) is 0 Å². The number of ether oxygens (including phenoxy) is 2. The van der Waals surface area contributed by atoms with E-state index in [1.54, 1.807) is 6.07 Å². The molecule has 0 N–H and O–H groups in total. The maximum absolute atomic E-state index is 5.98. The van der Waals surface area contributed by atoms with Crippen molar-refractivity contribution in [3.8, 4) is 5.88 Å². The van der Waals surface area contributed by atoms with Crippen molar-refractivity contribution in [1.82, 2.24) is 9.97 Å². The van der Waals surface area contributed by atoms with Gasteiger partial charge < -0.3 is 9.47 Å². The quantitative estimate of drug-likeness (QED) is 0.567. The standard InChI is InChI=1S/C14H23ClN2O2/c1-5-6-7-18-8-9-19-12-10-11(15)16-13(17-12)14(2,3)4/h10H,5-9H2,1-4H3. The van der Waals surface area contributed by atoms with E-state index in [1.807, 2.05) is 20.8 Å². The third-order valence-corrected chi connectivity index (χ3v) is 2.66. The number of rotatable bonds is 7. The Morgan fingerprint density at radius 2 is 1.89 bits per heavy atom. The molecule has 0 aromatic carbocycles. The SMILES string of the molecule is CCCCOCCOc1cc(Cl)nc(C(C)(C)C)n1. The topological polar surface area (TPSA) is 44.2 Å². The summed E-state index contributed by atoms with van der Waals surface area (Å²) in [6.07, 6.45) is 2.21. The van der Waals surface area contributed by atoms with Crippen LogP contribution in [0.1, 0.15) is 46.4 Å². The predicted molar refractivity (Wildman–Crippen MR) is 77.0 cm³/mol. The Bertz CT molecular complexity index is 392. The number of hydrogen-bond acceptors (Lipinski definition) is 4. The maximum Gasteiger partial charge on any atom is 0.218 e. The molecule has 4 nitrogen and oxygen atoms in total. The first-order chi connectivity index (χ1) is 8.93. The number of hydrogen-bond donors (Lipinski definition) is 0. The molecule has 1 heterocycles. The fraction of sp³-hybridized carbons (Fsp3) is 0.714. The molecule has 0 aliphatic heterocycles. The van der Waals surface area contributed by atoms with E-state index in [9.17, 15) is 0 Å². The number of nitrogens with zero attached hydrogens (tertiary/aromatic N) is 2. The maximum atomic E-state index is 5.98. The molecule has 1 aromatic heterocycles. The summed E-state index contributed by atoms with van der Waals surface area (Å²) in [5.41, 5.74) is -0.152. The van der Waals surface area contributed by atoms with Crippen molar-refractivity contribution < 1.29 is 9.47 Å². The van der Waals surface area contributed by atoms with Gasteiger partial charge in [0, 0.05) is 18.1 Å². The van der Waals surface area contributed by atoms with Crippen molar-refractivity contribution in [3.63, 3.8) is 0 Å². The van der Waals surface area contributed by atoms with Crippen molar-refractivity contribution in [2.24, 2.45) is 0 Å². The Kier molecular flexibility index (Phi) is 6.52. The lowest BCUT2D eigenvalue weighted by Gasteiger charge is -2.17. The molecular weight excluding hydrogens is 264 g/mol. The van der Waals surface area contributed by atoms with Crippen LogP contribution in [0.15, 0.2) is 6.07 Å². The molecular formula is C14H23ClN2O2. The molecule has 0 aliphatic carbocycles. The summed E-state index contributed by atoms with van der Waals surface area (Å²) in [6.45, 7) is 10.1. The fourth-order valence-electron chi connectivity index (χ4n) is 1.36. The van der Waals surface area contributed by atoms with Gasteiger partial charge in [0.15, 0.2) is 0 Å². The van der Waals surface area contributed by atoms with Crippen LogP contribution in [-0.2, 0) is 10.2 Å². The van der Waals surface area contributed by atoms with E-state index in [4.69, 9.17) is 21.1 Å². The Balaban J connectivity index is 2.48. The average molecular weight is 287 g/mol. The van der Waals surface area contributed by atoms with E-state index in [1.165, 1.54) is 0 Å². The third kappa shape index (κ3) is 6.21. The van der Waals surface area contributed by atoms with Gasteiger partial charge in [-0.3, -0.25) is 0 Å². The minimum atomic E-state index is -0.152. The normalized spacial score (nSPS) is 11.6. The monoisotopic (exact) mass is 286 g/mol. The van der Waals surface area contributed by atoms with Crippen molar-refractivity contribution in [1.29, 1.82) is 0 Å². The van der Waals surface area contributed by atoms with Gasteiger partial charge in [-0.1, -0.05) is 45.7 Å². The largest absolute Gasteiger partial charge is 0.475 e. The van der Waals surface area contributed by atoms with E-state index in [0.717, 1.165) is 19.4 Å². The van der Waals surface area contributed by atoms with Gasteiger partial charge >= 0.3 is 0 Å². The zero-order valence-corrected chi connectivity index (χ0v) is 13.0. The van der Waals surface area contributed by atoms with Gasteiger partial charge in [-0.15, -0.1) is 0 Å². The molecule has 0 saturated carbocycles. The van der Waals surface area contributed by atoms with E-state index in [-0.39, 0.29) is 5.41 Å². The van der Waals surface area contributed by atoms with Gasteiger partial charge in [0.1, 0.15) is 17.6 Å². The summed E-state index contributed by atoms with van der Waals surface area (Å²) in [4.78, 5) is 8.58. The Labute approximate surface area is 120 Å². The second-order valence-corrected chi connectivity index (χ2v) is 5.80. The van der Waals surface area contributed by atoms with Crippen LogP contribution in [0.4, 0.5) is 0 Å². The minimum Gasteiger partial charge on any atom is -0.475 e. The molecule has 0 aliphatic rings. The first-order valence-electron chi connectivity index (χ1n) is 6.69. The first-order valence-corrected chi connectivity index (χ1v) is 7.07. The molecule has 0 spiro atoms. The zero-order chi connectivity index (χ0) is 14.3. The average Bonchev–Trinajstić information content (AvgIpc) is 2.32. The van der Waals surface area contributed by atoms with Crippen LogP contribution in [-0.4, -0.2) is 29.8 Å². The number of halogens is 1. The fourth-order valence-corrected chi connectivity index (χ4v) is 1.53. The Hall–Kier alpha value is -0.870. The molecule has 19 heavy (non-hydrogen) atoms. The van der Waals surface area contributed by atoms with Crippen LogP contribution in [0.25, 0.3) is 0 Å². The van der Waals surface area contributed by atoms with Gasteiger partial charge in [-0.25, -0.2) is 4.98 Å². The summed E-state index contributed by atoms with van der Waals surface area (Å²) in [5.74, 6) is 1.19.